The van der Waals surface area contributed by atoms with Gasteiger partial charge in [-0.05, 0) is 25.0 Å². The van der Waals surface area contributed by atoms with Crippen LogP contribution in [0, 0.1) is 0 Å². The Morgan fingerprint density at radius 1 is 1.29 bits per heavy atom. The van der Waals surface area contributed by atoms with Gasteiger partial charge in [0.2, 0.25) is 5.91 Å². The molecule has 3 rings (SSSR count). The fourth-order valence-corrected chi connectivity index (χ4v) is 3.08. The quantitative estimate of drug-likeness (QED) is 0.896. The zero-order chi connectivity index (χ0) is 17.1. The Morgan fingerprint density at radius 2 is 2.00 bits per heavy atom. The Bertz CT molecular complexity index is 751. The lowest BCUT2D eigenvalue weighted by Crippen LogP contribution is -2.46. The predicted molar refractivity (Wildman–Crippen MR) is 91.8 cm³/mol. The number of hydrogen-bond donors (Lipinski definition) is 2. The van der Waals surface area contributed by atoms with Crippen LogP contribution in [0.15, 0.2) is 30.3 Å². The number of likely N-dealkylation sites (tertiary alicyclic amines) is 1. The van der Waals surface area contributed by atoms with Gasteiger partial charge in [0.1, 0.15) is 5.69 Å². The second-order valence-electron chi connectivity index (χ2n) is 5.90. The zero-order valence-corrected chi connectivity index (χ0v) is 14.1. The molecule has 2 N–H and O–H groups in total. The van der Waals surface area contributed by atoms with Crippen LogP contribution in [0.3, 0.4) is 0 Å². The number of nitrogens with zero attached hydrogens (tertiary/aromatic N) is 2. The first-order valence-electron chi connectivity index (χ1n) is 7.91. The predicted octanol–water partition coefficient (Wildman–Crippen LogP) is 2.47. The maximum atomic E-state index is 12.4. The lowest BCUT2D eigenvalue weighted by Gasteiger charge is -2.31. The van der Waals surface area contributed by atoms with E-state index in [1.165, 1.54) is 0 Å². The standard InChI is InChI=1S/C17H19ClN4O2/c1-11(23)22-8-6-12(7-9-22)19-17(24)16-10-15(20-21-16)13-4-2-3-5-14(13)18/h2-5,10,12H,6-9H2,1H3,(H,19,24)(H,20,21). The van der Waals surface area contributed by atoms with Gasteiger partial charge in [-0.3, -0.25) is 14.7 Å². The highest BCUT2D eigenvalue weighted by Crippen LogP contribution is 2.26. The van der Waals surface area contributed by atoms with Crippen LogP contribution < -0.4 is 5.32 Å². The van der Waals surface area contributed by atoms with E-state index in [9.17, 15) is 9.59 Å². The first kappa shape index (κ1) is 16.5. The average molecular weight is 347 g/mol. The van der Waals surface area contributed by atoms with Gasteiger partial charge >= 0.3 is 0 Å². The van der Waals surface area contributed by atoms with Crippen molar-refractivity contribution in [3.63, 3.8) is 0 Å². The molecule has 0 bridgehead atoms. The smallest absolute Gasteiger partial charge is 0.269 e. The molecule has 0 radical (unpaired) electrons. The van der Waals surface area contributed by atoms with Crippen LogP contribution in [0.1, 0.15) is 30.3 Å². The molecular weight excluding hydrogens is 328 g/mol. The van der Waals surface area contributed by atoms with E-state index in [2.05, 4.69) is 15.5 Å². The minimum Gasteiger partial charge on any atom is -0.348 e. The van der Waals surface area contributed by atoms with E-state index < -0.39 is 0 Å². The van der Waals surface area contributed by atoms with Gasteiger partial charge in [-0.1, -0.05) is 29.8 Å². The number of rotatable bonds is 3. The SMILES string of the molecule is CC(=O)N1CCC(NC(=O)c2cc(-c3ccccc3Cl)n[nH]2)CC1. The Labute approximate surface area is 145 Å². The highest BCUT2D eigenvalue weighted by molar-refractivity contribution is 6.33. The van der Waals surface area contributed by atoms with E-state index in [4.69, 9.17) is 11.6 Å². The maximum Gasteiger partial charge on any atom is 0.269 e. The van der Waals surface area contributed by atoms with Crippen molar-refractivity contribution in [3.8, 4) is 11.3 Å². The molecule has 0 saturated carbocycles. The van der Waals surface area contributed by atoms with Crippen LogP contribution in [0.5, 0.6) is 0 Å². The average Bonchev–Trinajstić information content (AvgIpc) is 3.05. The number of carbonyl (C=O) groups excluding carboxylic acids is 2. The first-order valence-corrected chi connectivity index (χ1v) is 8.29. The van der Waals surface area contributed by atoms with Crippen molar-refractivity contribution in [2.24, 2.45) is 0 Å². The van der Waals surface area contributed by atoms with Gasteiger partial charge in [-0.2, -0.15) is 5.10 Å². The van der Waals surface area contributed by atoms with Gasteiger partial charge < -0.3 is 10.2 Å². The molecule has 1 fully saturated rings. The molecule has 2 aromatic rings. The molecule has 0 aliphatic carbocycles. The molecule has 6 nitrogen and oxygen atoms in total. The number of aromatic amines is 1. The fraction of sp³-hybridized carbons (Fsp3) is 0.353. The van der Waals surface area contributed by atoms with Crippen molar-refractivity contribution < 1.29 is 9.59 Å². The maximum absolute atomic E-state index is 12.4. The Balaban J connectivity index is 1.63. The van der Waals surface area contributed by atoms with E-state index in [1.807, 2.05) is 18.2 Å². The highest BCUT2D eigenvalue weighted by atomic mass is 35.5. The molecule has 1 aromatic heterocycles. The third kappa shape index (κ3) is 3.59. The zero-order valence-electron chi connectivity index (χ0n) is 13.4. The molecule has 24 heavy (non-hydrogen) atoms. The van der Waals surface area contributed by atoms with E-state index >= 15 is 0 Å². The van der Waals surface area contributed by atoms with E-state index in [1.54, 1.807) is 24.0 Å². The minimum absolute atomic E-state index is 0.0696. The molecule has 1 saturated heterocycles. The second-order valence-corrected chi connectivity index (χ2v) is 6.31. The number of nitrogens with one attached hydrogen (secondary N) is 2. The van der Waals surface area contributed by atoms with Gasteiger partial charge in [0.05, 0.1) is 10.7 Å². The van der Waals surface area contributed by atoms with Crippen molar-refractivity contribution in [2.45, 2.75) is 25.8 Å². The fourth-order valence-electron chi connectivity index (χ4n) is 2.85. The molecular formula is C17H19ClN4O2. The summed E-state index contributed by atoms with van der Waals surface area (Å²) in [6, 6.07) is 9.13. The molecule has 1 aliphatic heterocycles. The van der Waals surface area contributed by atoms with E-state index in [0.29, 0.717) is 29.5 Å². The molecule has 126 valence electrons. The van der Waals surface area contributed by atoms with Gasteiger partial charge in [0, 0.05) is 31.6 Å². The first-order chi connectivity index (χ1) is 11.5. The molecule has 7 heteroatoms. The third-order valence-electron chi connectivity index (χ3n) is 4.25. The van der Waals surface area contributed by atoms with Crippen molar-refractivity contribution in [1.29, 1.82) is 0 Å². The minimum atomic E-state index is -0.193. The molecule has 1 aromatic carbocycles. The van der Waals surface area contributed by atoms with Crippen molar-refractivity contribution in [3.05, 3.63) is 41.0 Å². The molecule has 0 spiro atoms. The number of carbonyl (C=O) groups is 2. The molecule has 0 unspecified atom stereocenters. The molecule has 0 atom stereocenters. The van der Waals surface area contributed by atoms with Crippen LogP contribution in [0.2, 0.25) is 5.02 Å². The van der Waals surface area contributed by atoms with Crippen LogP contribution in [0.25, 0.3) is 11.3 Å². The Hall–Kier alpha value is -2.34. The Morgan fingerprint density at radius 3 is 2.67 bits per heavy atom. The van der Waals surface area contributed by atoms with E-state index in [-0.39, 0.29) is 17.9 Å². The summed E-state index contributed by atoms with van der Waals surface area (Å²) >= 11 is 6.16. The highest BCUT2D eigenvalue weighted by Gasteiger charge is 2.23. The van der Waals surface area contributed by atoms with Gasteiger partial charge in [-0.25, -0.2) is 0 Å². The number of benzene rings is 1. The summed E-state index contributed by atoms with van der Waals surface area (Å²) in [7, 11) is 0. The summed E-state index contributed by atoms with van der Waals surface area (Å²) in [5.41, 5.74) is 1.82. The summed E-state index contributed by atoms with van der Waals surface area (Å²) in [5.74, 6) is -0.111. The van der Waals surface area contributed by atoms with Crippen LogP contribution in [-0.4, -0.2) is 46.0 Å². The number of piperidine rings is 1. The second kappa shape index (κ2) is 7.05. The topological polar surface area (TPSA) is 78.1 Å². The van der Waals surface area contributed by atoms with Crippen molar-refractivity contribution in [2.75, 3.05) is 13.1 Å². The van der Waals surface area contributed by atoms with Gasteiger partial charge in [0.15, 0.2) is 0 Å². The van der Waals surface area contributed by atoms with Gasteiger partial charge in [0.25, 0.3) is 5.91 Å². The number of halogens is 1. The number of hydrogen-bond acceptors (Lipinski definition) is 3. The number of aromatic nitrogens is 2. The largest absolute Gasteiger partial charge is 0.348 e. The summed E-state index contributed by atoms with van der Waals surface area (Å²) < 4.78 is 0. The lowest BCUT2D eigenvalue weighted by molar-refractivity contribution is -0.129. The van der Waals surface area contributed by atoms with Crippen LogP contribution in [0.4, 0.5) is 0 Å². The molecule has 2 heterocycles. The summed E-state index contributed by atoms with van der Waals surface area (Å²) in [5, 5.41) is 10.5. The summed E-state index contributed by atoms with van der Waals surface area (Å²) in [6.45, 7) is 2.92. The lowest BCUT2D eigenvalue weighted by atomic mass is 10.0. The van der Waals surface area contributed by atoms with Crippen LogP contribution in [-0.2, 0) is 4.79 Å². The Kier molecular flexibility index (Phi) is 4.85. The van der Waals surface area contributed by atoms with Crippen molar-refractivity contribution in [1.82, 2.24) is 20.4 Å². The van der Waals surface area contributed by atoms with Crippen LogP contribution >= 0.6 is 11.6 Å². The molecule has 1 aliphatic rings. The third-order valence-corrected chi connectivity index (χ3v) is 4.58. The monoisotopic (exact) mass is 346 g/mol. The summed E-state index contributed by atoms with van der Waals surface area (Å²) in [6.07, 6.45) is 1.52. The van der Waals surface area contributed by atoms with Crippen molar-refractivity contribution >= 4 is 23.4 Å². The number of H-pyrrole nitrogens is 1. The normalized spacial score (nSPS) is 15.3. The van der Waals surface area contributed by atoms with E-state index in [0.717, 1.165) is 18.4 Å². The summed E-state index contributed by atoms with van der Waals surface area (Å²) in [4.78, 5) is 25.5. The number of amides is 2. The van der Waals surface area contributed by atoms with Gasteiger partial charge in [-0.15, -0.1) is 0 Å². The molecule has 2 amide bonds.